The minimum atomic E-state index is 0.00231. The van der Waals surface area contributed by atoms with E-state index in [1.807, 2.05) is 0 Å². The average Bonchev–Trinajstić information content (AvgIpc) is 2.06. The topological polar surface area (TPSA) is 57.8 Å². The maximum atomic E-state index is 7.40. The Bertz CT molecular complexity index is 260. The molecule has 0 heterocycles. The molecule has 0 saturated carbocycles. The summed E-state index contributed by atoms with van der Waals surface area (Å²) in [4.78, 5) is 0. The molecule has 12 heavy (non-hydrogen) atoms. The van der Waals surface area contributed by atoms with Crippen LogP contribution in [0.1, 0.15) is 6.92 Å². The summed E-state index contributed by atoms with van der Waals surface area (Å²) in [7, 11) is 0. The van der Waals surface area contributed by atoms with Gasteiger partial charge in [-0.3, -0.25) is 0 Å². The van der Waals surface area contributed by atoms with Crippen molar-refractivity contribution >= 4 is 5.90 Å². The fourth-order valence-corrected chi connectivity index (χ4v) is 1.54. The van der Waals surface area contributed by atoms with Crippen molar-refractivity contribution in [1.82, 2.24) is 0 Å². The summed E-state index contributed by atoms with van der Waals surface area (Å²) in [5, 5.41) is 7.40. The molecule has 0 amide bonds. The predicted molar refractivity (Wildman–Crippen MR) is 36.6 cm³/mol. The van der Waals surface area contributed by atoms with Gasteiger partial charge in [-0.05, 0) is 0 Å². The van der Waals surface area contributed by atoms with E-state index in [2.05, 4.69) is 13.6 Å². The van der Waals surface area contributed by atoms with Crippen LogP contribution in [-0.4, -0.2) is 5.90 Å². The Kier molecular flexibility index (Phi) is 6.40. The molecule has 0 aliphatic carbocycles. The summed E-state index contributed by atoms with van der Waals surface area (Å²) in [5.74, 6) is 0.00231. The van der Waals surface area contributed by atoms with Crippen molar-refractivity contribution in [3.63, 3.8) is 0 Å². The van der Waals surface area contributed by atoms with Crippen LogP contribution < -0.4 is 0 Å². The molecule has 0 unspecified atom stereocenters. The van der Waals surface area contributed by atoms with E-state index in [1.54, 1.807) is 6.92 Å². The third kappa shape index (κ3) is 3.55. The van der Waals surface area contributed by atoms with E-state index in [0.717, 1.165) is 45.0 Å². The van der Waals surface area contributed by atoms with Crippen molar-refractivity contribution in [3.05, 3.63) is 24.2 Å². The van der Waals surface area contributed by atoms with Gasteiger partial charge in [0.05, 0.1) is 0 Å². The fraction of sp³-hybridized carbons (Fsp3) is 0.167. The Balaban J connectivity index is 4.77. The molecule has 0 aromatic heterocycles. The van der Waals surface area contributed by atoms with Crippen LogP contribution in [0.5, 0.6) is 0 Å². The predicted octanol–water partition coefficient (Wildman–Crippen LogP) is 1.82. The Morgan fingerprint density at radius 3 is 2.42 bits per heavy atom. The van der Waals surface area contributed by atoms with E-state index < -0.39 is 0 Å². The van der Waals surface area contributed by atoms with Gasteiger partial charge in [-0.2, -0.15) is 0 Å². The van der Waals surface area contributed by atoms with Crippen LogP contribution in [0.3, 0.4) is 0 Å². The quantitative estimate of drug-likeness (QED) is 0.354. The van der Waals surface area contributed by atoms with Crippen LogP contribution in [-0.2, 0) is 44.0 Å². The minimum absolute atomic E-state index is 0.00231. The summed E-state index contributed by atoms with van der Waals surface area (Å²) in [6, 6.07) is 0. The Morgan fingerprint density at radius 1 is 1.50 bits per heavy atom. The number of hydrogen-bond acceptors (Lipinski definition) is 4. The molecule has 0 aliphatic heterocycles. The number of allylic oxidation sites excluding steroid dienone is 1. The van der Waals surface area contributed by atoms with Gasteiger partial charge in [0, 0.05) is 0 Å². The molecule has 0 radical (unpaired) electrons. The van der Waals surface area contributed by atoms with Gasteiger partial charge >= 0.3 is 93.5 Å². The van der Waals surface area contributed by atoms with Gasteiger partial charge in [0.2, 0.25) is 0 Å². The van der Waals surface area contributed by atoms with Gasteiger partial charge in [-0.25, -0.2) is 0 Å². The number of nitrogens with one attached hydrogen (secondary N) is 1. The first-order chi connectivity index (χ1) is 5.67. The monoisotopic (exact) mass is 505 g/mol. The van der Waals surface area contributed by atoms with E-state index in [1.165, 1.54) is 6.26 Å². The summed E-state index contributed by atoms with van der Waals surface area (Å²) in [5.41, 5.74) is 1.23. The summed E-state index contributed by atoms with van der Waals surface area (Å²) in [6.07, 6.45) is 1.21. The molecule has 0 aliphatic rings. The maximum absolute atomic E-state index is 7.40. The number of nitrogens with zero attached hydrogens (tertiary/aromatic N) is 2. The summed E-state index contributed by atoms with van der Waals surface area (Å²) in [6.45, 7) is 5.16. The zero-order chi connectivity index (χ0) is 9.56. The van der Waals surface area contributed by atoms with Crippen LogP contribution in [0, 0.1) is 5.41 Å². The van der Waals surface area contributed by atoms with Crippen LogP contribution in [0.4, 0.5) is 0 Å². The number of rotatable bonds is 4. The fourth-order valence-electron chi connectivity index (χ4n) is 0.454. The van der Waals surface area contributed by atoms with Gasteiger partial charge in [-0.1, -0.05) is 0 Å². The van der Waals surface area contributed by atoms with E-state index in [4.69, 9.17) is 10.1 Å². The van der Waals surface area contributed by atoms with E-state index in [0.29, 0.717) is 5.70 Å². The van der Waals surface area contributed by atoms with E-state index >= 15 is 0 Å². The normalized spacial score (nSPS) is 11.1. The molecule has 0 fully saturated rings. The van der Waals surface area contributed by atoms with Crippen molar-refractivity contribution in [2.75, 3.05) is 0 Å². The second kappa shape index (κ2) is 6.44. The Labute approximate surface area is 93.1 Å². The first-order valence-corrected chi connectivity index (χ1v) is 5.53. The molecule has 0 bridgehead atoms. The summed E-state index contributed by atoms with van der Waals surface area (Å²) >= 11 is 2.11. The zero-order valence-corrected chi connectivity index (χ0v) is 12.3. The molecular formula is C6H7N3OW2. The van der Waals surface area contributed by atoms with Crippen LogP contribution in [0.15, 0.2) is 31.2 Å². The zero-order valence-electron chi connectivity index (χ0n) is 6.40. The van der Waals surface area contributed by atoms with Crippen molar-refractivity contribution < 1.29 is 44.0 Å². The first kappa shape index (κ1) is 11.9. The number of hydrogen-bond donors (Lipinski definition) is 1. The van der Waals surface area contributed by atoms with Crippen molar-refractivity contribution in [1.29, 1.82) is 5.41 Å². The molecule has 0 saturated heterocycles. The van der Waals surface area contributed by atoms with Crippen molar-refractivity contribution in [3.8, 4) is 0 Å². The molecule has 0 atom stereocenters. The second-order valence-corrected chi connectivity index (χ2v) is 3.04. The molecule has 64 valence electrons. The molecule has 4 nitrogen and oxygen atoms in total. The first-order valence-electron chi connectivity index (χ1n) is 2.91. The van der Waals surface area contributed by atoms with Gasteiger partial charge in [0.15, 0.2) is 0 Å². The molecular weight excluding hydrogens is 498 g/mol. The molecule has 0 rings (SSSR count). The van der Waals surface area contributed by atoms with Crippen LogP contribution in [0.25, 0.3) is 0 Å². The second-order valence-electron chi connectivity index (χ2n) is 1.73. The third-order valence-electron chi connectivity index (χ3n) is 0.987. The SMILES string of the molecule is C=COC(=N)C([N]=[W])=C(C)[N]=[W]. The molecule has 0 spiro atoms. The third-order valence-corrected chi connectivity index (χ3v) is 2.63. The van der Waals surface area contributed by atoms with Gasteiger partial charge in [0.25, 0.3) is 0 Å². The van der Waals surface area contributed by atoms with E-state index in [-0.39, 0.29) is 5.90 Å². The van der Waals surface area contributed by atoms with Gasteiger partial charge in [0.1, 0.15) is 0 Å². The Morgan fingerprint density at radius 2 is 2.08 bits per heavy atom. The number of ether oxygens (including phenoxy) is 1. The standard InChI is InChI=1S/C6H7N3O.2W/c1-3-10-6(9)5(8)4(2)7;;/h3,9H,1H2,2H3;;. The summed E-state index contributed by atoms with van der Waals surface area (Å²) < 4.78 is 12.7. The van der Waals surface area contributed by atoms with Crippen LogP contribution >= 0.6 is 0 Å². The molecule has 1 N–H and O–H groups in total. The van der Waals surface area contributed by atoms with Crippen molar-refractivity contribution in [2.45, 2.75) is 6.92 Å². The van der Waals surface area contributed by atoms with Crippen LogP contribution in [0.2, 0.25) is 0 Å². The molecule has 0 aromatic carbocycles. The Hall–Kier alpha value is -0.0734. The van der Waals surface area contributed by atoms with Gasteiger partial charge < -0.3 is 0 Å². The average molecular weight is 505 g/mol. The van der Waals surface area contributed by atoms with E-state index in [9.17, 15) is 0 Å². The molecule has 6 heteroatoms. The van der Waals surface area contributed by atoms with Crippen molar-refractivity contribution in [2.24, 2.45) is 6.99 Å². The van der Waals surface area contributed by atoms with Gasteiger partial charge in [-0.15, -0.1) is 0 Å². The molecule has 0 aromatic rings.